The van der Waals surface area contributed by atoms with Crippen LogP contribution in [0.4, 0.5) is 0 Å². The Morgan fingerprint density at radius 1 is 1.17 bits per heavy atom. The summed E-state index contributed by atoms with van der Waals surface area (Å²) in [6, 6.07) is 9.80. The minimum absolute atomic E-state index is 0.126. The van der Waals surface area contributed by atoms with Crippen LogP contribution in [0.25, 0.3) is 0 Å². The van der Waals surface area contributed by atoms with Crippen molar-refractivity contribution in [2.24, 2.45) is 0 Å². The first-order chi connectivity index (χ1) is 11.2. The van der Waals surface area contributed by atoms with Crippen LogP contribution in [-0.2, 0) is 4.79 Å². The van der Waals surface area contributed by atoms with Gasteiger partial charge in [-0.1, -0.05) is 42.1 Å². The normalized spacial score (nSPS) is 16.3. The van der Waals surface area contributed by atoms with Gasteiger partial charge in [-0.25, -0.2) is 4.68 Å². The number of piperidine rings is 1. The highest BCUT2D eigenvalue weighted by molar-refractivity contribution is 8.00. The molecule has 23 heavy (non-hydrogen) atoms. The highest BCUT2D eigenvalue weighted by atomic mass is 32.2. The van der Waals surface area contributed by atoms with E-state index in [0.29, 0.717) is 11.0 Å². The number of likely N-dealkylation sites (tertiary alicyclic amines) is 1. The van der Waals surface area contributed by atoms with E-state index in [1.807, 2.05) is 35.2 Å². The van der Waals surface area contributed by atoms with Crippen LogP contribution in [0.1, 0.15) is 35.9 Å². The Morgan fingerprint density at radius 3 is 2.48 bits per heavy atom. The van der Waals surface area contributed by atoms with Crippen LogP contribution in [0.5, 0.6) is 0 Å². The molecule has 0 spiro atoms. The molecule has 122 valence electrons. The van der Waals surface area contributed by atoms with E-state index in [1.165, 1.54) is 22.9 Å². The van der Waals surface area contributed by atoms with Gasteiger partial charge in [0.2, 0.25) is 11.1 Å². The fraction of sp³-hybridized carbons (Fsp3) is 0.438. The first-order valence-electron chi connectivity index (χ1n) is 7.84. The second-order valence-electron chi connectivity index (χ2n) is 5.69. The van der Waals surface area contributed by atoms with E-state index < -0.39 is 0 Å². The first-order valence-corrected chi connectivity index (χ1v) is 8.72. The summed E-state index contributed by atoms with van der Waals surface area (Å²) >= 11 is 1.36. The summed E-state index contributed by atoms with van der Waals surface area (Å²) < 4.78 is 1.43. The summed E-state index contributed by atoms with van der Waals surface area (Å²) in [5.41, 5.74) is 0.966. The van der Waals surface area contributed by atoms with Crippen molar-refractivity contribution in [1.82, 2.24) is 19.8 Å². The molecular weight excluding hydrogens is 310 g/mol. The molecule has 2 aromatic rings. The zero-order valence-corrected chi connectivity index (χ0v) is 14.0. The lowest BCUT2D eigenvalue weighted by Gasteiger charge is -2.30. The lowest BCUT2D eigenvalue weighted by Crippen LogP contribution is -2.38. The molecule has 7 heteroatoms. The van der Waals surface area contributed by atoms with Crippen molar-refractivity contribution in [2.45, 2.75) is 36.6 Å². The van der Waals surface area contributed by atoms with E-state index in [9.17, 15) is 4.79 Å². The van der Waals surface area contributed by atoms with Crippen LogP contribution in [0.2, 0.25) is 0 Å². The van der Waals surface area contributed by atoms with Gasteiger partial charge in [-0.05, 0) is 31.7 Å². The molecule has 0 radical (unpaired) electrons. The predicted octanol–water partition coefficient (Wildman–Crippen LogP) is 2.15. The summed E-state index contributed by atoms with van der Waals surface area (Å²) in [6.45, 7) is 3.45. The monoisotopic (exact) mass is 331 g/mol. The number of aromatic nitrogens is 3. The van der Waals surface area contributed by atoms with Crippen LogP contribution in [0, 0.1) is 6.92 Å². The van der Waals surface area contributed by atoms with Crippen LogP contribution < -0.4 is 5.84 Å². The smallest absolute Gasteiger partial charge is 0.240 e. The molecule has 1 aromatic carbocycles. The predicted molar refractivity (Wildman–Crippen MR) is 90.4 cm³/mol. The van der Waals surface area contributed by atoms with Crippen molar-refractivity contribution >= 4 is 17.7 Å². The van der Waals surface area contributed by atoms with Crippen molar-refractivity contribution in [1.29, 1.82) is 0 Å². The van der Waals surface area contributed by atoms with E-state index in [1.54, 1.807) is 6.92 Å². The fourth-order valence-corrected chi connectivity index (χ4v) is 3.79. The maximum absolute atomic E-state index is 13.0. The van der Waals surface area contributed by atoms with Crippen LogP contribution in [0.15, 0.2) is 35.5 Å². The number of carbonyl (C=O) groups excluding carboxylic acids is 1. The number of thioether (sulfide) groups is 1. The SMILES string of the molecule is Cc1nnc(S[C@@H](C(=O)N2CCCCC2)c2ccccc2)n1N. The molecule has 1 fully saturated rings. The van der Waals surface area contributed by atoms with Gasteiger partial charge in [-0.15, -0.1) is 10.2 Å². The fourth-order valence-electron chi connectivity index (χ4n) is 2.70. The molecule has 1 aromatic heterocycles. The third-order valence-electron chi connectivity index (χ3n) is 4.05. The number of amides is 1. The molecule has 2 heterocycles. The maximum atomic E-state index is 13.0. The van der Waals surface area contributed by atoms with Gasteiger partial charge in [0.05, 0.1) is 0 Å². The Hall–Kier alpha value is -2.02. The standard InChI is InChI=1S/C16H21N5OS/c1-12-18-19-16(21(12)17)23-14(13-8-4-2-5-9-13)15(22)20-10-6-3-7-11-20/h2,4-5,8-9,14H,3,6-7,10-11,17H2,1H3/t14-/m1/s1. The Labute approximate surface area is 140 Å². The van der Waals surface area contributed by atoms with Crippen molar-refractivity contribution < 1.29 is 4.79 Å². The minimum atomic E-state index is -0.347. The molecule has 2 N–H and O–H groups in total. The molecule has 0 saturated carbocycles. The number of aryl methyl sites for hydroxylation is 1. The molecule has 0 unspecified atom stereocenters. The third-order valence-corrected chi connectivity index (χ3v) is 5.25. The molecule has 0 bridgehead atoms. The van der Waals surface area contributed by atoms with Crippen LogP contribution in [0.3, 0.4) is 0 Å². The van der Waals surface area contributed by atoms with E-state index in [4.69, 9.17) is 5.84 Å². The lowest BCUT2D eigenvalue weighted by atomic mass is 10.1. The number of rotatable bonds is 4. The van der Waals surface area contributed by atoms with Gasteiger partial charge < -0.3 is 10.7 Å². The number of hydrogen-bond acceptors (Lipinski definition) is 5. The summed E-state index contributed by atoms with van der Waals surface area (Å²) in [6.07, 6.45) is 3.34. The number of nitrogens with zero attached hydrogens (tertiary/aromatic N) is 4. The Morgan fingerprint density at radius 2 is 1.87 bits per heavy atom. The Kier molecular flexibility index (Phi) is 4.85. The van der Waals surface area contributed by atoms with E-state index in [0.717, 1.165) is 31.5 Å². The van der Waals surface area contributed by atoms with Gasteiger partial charge in [0.25, 0.3) is 0 Å². The molecule has 3 rings (SSSR count). The van der Waals surface area contributed by atoms with Gasteiger partial charge in [0.15, 0.2) is 0 Å². The minimum Gasteiger partial charge on any atom is -0.341 e. The zero-order valence-electron chi connectivity index (χ0n) is 13.2. The van der Waals surface area contributed by atoms with Crippen LogP contribution in [-0.4, -0.2) is 38.8 Å². The maximum Gasteiger partial charge on any atom is 0.240 e. The first kappa shape index (κ1) is 15.9. The molecule has 1 amide bonds. The molecule has 1 atom stereocenters. The van der Waals surface area contributed by atoms with Gasteiger partial charge in [0, 0.05) is 13.1 Å². The van der Waals surface area contributed by atoms with E-state index in [-0.39, 0.29) is 11.2 Å². The number of nitrogen functional groups attached to an aromatic ring is 1. The van der Waals surface area contributed by atoms with Crippen LogP contribution >= 0.6 is 11.8 Å². The number of nitrogens with two attached hydrogens (primary N) is 1. The Balaban J connectivity index is 1.87. The highest BCUT2D eigenvalue weighted by Gasteiger charge is 2.29. The molecule has 1 aliphatic heterocycles. The van der Waals surface area contributed by atoms with Gasteiger partial charge in [-0.3, -0.25) is 4.79 Å². The van der Waals surface area contributed by atoms with E-state index >= 15 is 0 Å². The van der Waals surface area contributed by atoms with Crippen molar-refractivity contribution in [3.05, 3.63) is 41.7 Å². The summed E-state index contributed by atoms with van der Waals surface area (Å²) in [5.74, 6) is 6.71. The third kappa shape index (κ3) is 3.50. The number of hydrogen-bond donors (Lipinski definition) is 1. The summed E-state index contributed by atoms with van der Waals surface area (Å²) in [7, 11) is 0. The topological polar surface area (TPSA) is 77.0 Å². The summed E-state index contributed by atoms with van der Waals surface area (Å²) in [4.78, 5) is 15.0. The number of carbonyl (C=O) groups is 1. The summed E-state index contributed by atoms with van der Waals surface area (Å²) in [5, 5.41) is 8.28. The molecular formula is C16H21N5OS. The van der Waals surface area contributed by atoms with Gasteiger partial charge >= 0.3 is 0 Å². The molecule has 1 saturated heterocycles. The highest BCUT2D eigenvalue weighted by Crippen LogP contribution is 2.36. The van der Waals surface area contributed by atoms with Gasteiger partial charge in [-0.2, -0.15) is 0 Å². The molecule has 0 aliphatic carbocycles. The second kappa shape index (κ2) is 7.04. The van der Waals surface area contributed by atoms with E-state index in [2.05, 4.69) is 10.2 Å². The zero-order chi connectivity index (χ0) is 16.2. The lowest BCUT2D eigenvalue weighted by molar-refractivity contribution is -0.131. The average Bonchev–Trinajstić information content (AvgIpc) is 2.92. The largest absolute Gasteiger partial charge is 0.341 e. The van der Waals surface area contributed by atoms with Crippen molar-refractivity contribution in [2.75, 3.05) is 18.9 Å². The van der Waals surface area contributed by atoms with Gasteiger partial charge in [0.1, 0.15) is 11.1 Å². The quantitative estimate of drug-likeness (QED) is 0.686. The second-order valence-corrected chi connectivity index (χ2v) is 6.77. The Bertz CT molecular complexity index is 666. The van der Waals surface area contributed by atoms with Crippen molar-refractivity contribution in [3.8, 4) is 0 Å². The molecule has 6 nitrogen and oxygen atoms in total. The number of benzene rings is 1. The molecule has 1 aliphatic rings. The van der Waals surface area contributed by atoms with Crippen molar-refractivity contribution in [3.63, 3.8) is 0 Å². The average molecular weight is 331 g/mol.